The molecule has 2 aliphatic rings. The predicted molar refractivity (Wildman–Crippen MR) is 97.2 cm³/mol. The Morgan fingerprint density at radius 2 is 1.73 bits per heavy atom. The van der Waals surface area contributed by atoms with Crippen molar-refractivity contribution in [2.75, 3.05) is 0 Å². The average molecular weight is 418 g/mol. The van der Waals surface area contributed by atoms with Gasteiger partial charge in [0.05, 0.1) is 0 Å². The van der Waals surface area contributed by atoms with Crippen LogP contribution in [0.1, 0.15) is 23.1 Å². The molecule has 0 saturated heterocycles. The summed E-state index contributed by atoms with van der Waals surface area (Å²) in [4.78, 5) is 0. The summed E-state index contributed by atoms with van der Waals surface area (Å²) in [5.74, 6) is 0. The first-order valence-corrected chi connectivity index (χ1v) is 8.83. The number of hydrogen-bond donors (Lipinski definition) is 1. The van der Waals surface area contributed by atoms with Gasteiger partial charge in [0.2, 0.25) is 0 Å². The van der Waals surface area contributed by atoms with Crippen LogP contribution in [0.15, 0.2) is 63.6 Å². The van der Waals surface area contributed by atoms with Gasteiger partial charge in [-0.2, -0.15) is 0 Å². The third-order valence-electron chi connectivity index (χ3n) is 4.43. The van der Waals surface area contributed by atoms with Gasteiger partial charge in [0.25, 0.3) is 0 Å². The Labute approximate surface area is 146 Å². The third kappa shape index (κ3) is 2.23. The lowest BCUT2D eigenvalue weighted by Gasteiger charge is -2.30. The van der Waals surface area contributed by atoms with Gasteiger partial charge in [-0.05, 0) is 50.9 Å². The number of hydrogen-bond acceptors (Lipinski definition) is 1. The van der Waals surface area contributed by atoms with Crippen LogP contribution in [0.2, 0.25) is 0 Å². The second-order valence-corrected chi connectivity index (χ2v) is 7.82. The Bertz CT molecular complexity index is 835. The molecule has 0 fully saturated rings. The highest BCUT2D eigenvalue weighted by Gasteiger charge is 2.35. The van der Waals surface area contributed by atoms with Crippen molar-refractivity contribution in [1.29, 1.82) is 0 Å². The third-order valence-corrected chi connectivity index (χ3v) is 5.39. The number of rotatable bonds is 1. The maximum atomic E-state index is 11.2. The monoisotopic (exact) mass is 416 g/mol. The standard InChI is InChI=1S/C19H14Br2O/c20-13-9-14(21)11-19(22,10-13)18-7-3-6-16-15-5-2-1-4-12(15)8-17(16)18/h1-7,9-10,22H,8,11H2. The van der Waals surface area contributed by atoms with Crippen LogP contribution >= 0.6 is 31.9 Å². The Morgan fingerprint density at radius 3 is 2.55 bits per heavy atom. The van der Waals surface area contributed by atoms with E-state index >= 15 is 0 Å². The summed E-state index contributed by atoms with van der Waals surface area (Å²) in [6, 6.07) is 14.7. The SMILES string of the molecule is OC1(c2cccc3c2Cc2ccccc2-3)C=C(Br)C=C(Br)C1. The predicted octanol–water partition coefficient (Wildman–Crippen LogP) is 5.41. The highest BCUT2D eigenvalue weighted by atomic mass is 79.9. The summed E-state index contributed by atoms with van der Waals surface area (Å²) in [7, 11) is 0. The summed E-state index contributed by atoms with van der Waals surface area (Å²) in [6.07, 6.45) is 5.34. The summed E-state index contributed by atoms with van der Waals surface area (Å²) in [6.45, 7) is 0. The molecule has 22 heavy (non-hydrogen) atoms. The molecular formula is C19H14Br2O. The fourth-order valence-electron chi connectivity index (χ4n) is 3.51. The van der Waals surface area contributed by atoms with Gasteiger partial charge >= 0.3 is 0 Å². The van der Waals surface area contributed by atoms with E-state index in [-0.39, 0.29) is 0 Å². The smallest absolute Gasteiger partial charge is 0.114 e. The van der Waals surface area contributed by atoms with Crippen molar-refractivity contribution in [2.45, 2.75) is 18.4 Å². The summed E-state index contributed by atoms with van der Waals surface area (Å²) in [5, 5.41) is 11.2. The van der Waals surface area contributed by atoms with Crippen LogP contribution in [0, 0.1) is 0 Å². The van der Waals surface area contributed by atoms with Crippen LogP contribution in [0.3, 0.4) is 0 Å². The average Bonchev–Trinajstić information content (AvgIpc) is 2.84. The van der Waals surface area contributed by atoms with Crippen molar-refractivity contribution in [1.82, 2.24) is 0 Å². The fraction of sp³-hybridized carbons (Fsp3) is 0.158. The molecular weight excluding hydrogens is 404 g/mol. The van der Waals surface area contributed by atoms with Gasteiger partial charge < -0.3 is 5.11 Å². The molecule has 2 aromatic carbocycles. The van der Waals surface area contributed by atoms with Gasteiger partial charge in [-0.15, -0.1) is 0 Å². The summed E-state index contributed by atoms with van der Waals surface area (Å²) >= 11 is 7.05. The molecule has 1 atom stereocenters. The minimum absolute atomic E-state index is 0.564. The van der Waals surface area contributed by atoms with Crippen molar-refractivity contribution < 1.29 is 5.11 Å². The van der Waals surface area contributed by atoms with Crippen molar-refractivity contribution >= 4 is 31.9 Å². The molecule has 2 aliphatic carbocycles. The number of fused-ring (bicyclic) bond motifs is 3. The maximum absolute atomic E-state index is 11.2. The Morgan fingerprint density at radius 1 is 0.955 bits per heavy atom. The lowest BCUT2D eigenvalue weighted by Crippen LogP contribution is -2.26. The van der Waals surface area contributed by atoms with Gasteiger partial charge in [-0.25, -0.2) is 0 Å². The second kappa shape index (κ2) is 5.19. The number of aliphatic hydroxyl groups is 1. The van der Waals surface area contributed by atoms with Gasteiger partial charge in [0, 0.05) is 10.9 Å². The van der Waals surface area contributed by atoms with Crippen LogP contribution < -0.4 is 0 Å². The Hall–Kier alpha value is -1.16. The van der Waals surface area contributed by atoms with Gasteiger partial charge in [-0.1, -0.05) is 74.3 Å². The highest BCUT2D eigenvalue weighted by molar-refractivity contribution is 9.12. The van der Waals surface area contributed by atoms with E-state index in [9.17, 15) is 5.11 Å². The quantitative estimate of drug-likeness (QED) is 0.561. The molecule has 0 bridgehead atoms. The highest BCUT2D eigenvalue weighted by Crippen LogP contribution is 2.45. The minimum atomic E-state index is -0.972. The van der Waals surface area contributed by atoms with Crippen LogP contribution in [0.25, 0.3) is 11.1 Å². The first-order valence-electron chi connectivity index (χ1n) is 7.24. The second-order valence-electron chi connectivity index (χ2n) is 5.89. The summed E-state index contributed by atoms with van der Waals surface area (Å²) in [5.41, 5.74) is 5.14. The molecule has 0 spiro atoms. The van der Waals surface area contributed by atoms with E-state index in [4.69, 9.17) is 0 Å². The topological polar surface area (TPSA) is 20.2 Å². The van der Waals surface area contributed by atoms with Crippen LogP contribution in [-0.2, 0) is 12.0 Å². The van der Waals surface area contributed by atoms with E-state index in [1.807, 2.05) is 24.3 Å². The van der Waals surface area contributed by atoms with Crippen LogP contribution in [-0.4, -0.2) is 5.11 Å². The van der Waals surface area contributed by atoms with E-state index < -0.39 is 5.60 Å². The number of allylic oxidation sites excluding steroid dienone is 2. The molecule has 3 heteroatoms. The normalized spacial score (nSPS) is 22.7. The van der Waals surface area contributed by atoms with E-state index in [0.717, 1.165) is 20.9 Å². The maximum Gasteiger partial charge on any atom is 0.114 e. The first kappa shape index (κ1) is 14.4. The molecule has 0 radical (unpaired) electrons. The lowest BCUT2D eigenvalue weighted by molar-refractivity contribution is 0.0899. The van der Waals surface area contributed by atoms with Crippen molar-refractivity contribution in [2.24, 2.45) is 0 Å². The molecule has 2 aromatic rings. The molecule has 0 amide bonds. The minimum Gasteiger partial charge on any atom is -0.381 e. The molecule has 110 valence electrons. The first-order chi connectivity index (χ1) is 10.6. The van der Waals surface area contributed by atoms with Crippen LogP contribution in [0.4, 0.5) is 0 Å². The van der Waals surface area contributed by atoms with E-state index in [2.05, 4.69) is 62.2 Å². The van der Waals surface area contributed by atoms with Crippen molar-refractivity contribution in [3.05, 3.63) is 80.3 Å². The van der Waals surface area contributed by atoms with Crippen molar-refractivity contribution in [3.8, 4) is 11.1 Å². The van der Waals surface area contributed by atoms with Crippen molar-refractivity contribution in [3.63, 3.8) is 0 Å². The zero-order chi connectivity index (χ0) is 15.3. The molecule has 0 heterocycles. The zero-order valence-electron chi connectivity index (χ0n) is 11.8. The molecule has 1 nitrogen and oxygen atoms in total. The Kier molecular flexibility index (Phi) is 3.40. The van der Waals surface area contributed by atoms with E-state index in [0.29, 0.717) is 6.42 Å². The lowest BCUT2D eigenvalue weighted by atomic mass is 9.83. The van der Waals surface area contributed by atoms with Gasteiger partial charge in [0.1, 0.15) is 5.60 Å². The van der Waals surface area contributed by atoms with Gasteiger partial charge in [0.15, 0.2) is 0 Å². The molecule has 4 rings (SSSR count). The molecule has 0 aliphatic heterocycles. The molecule has 0 aromatic heterocycles. The molecule has 0 saturated carbocycles. The molecule has 1 unspecified atom stereocenters. The number of halogens is 2. The van der Waals surface area contributed by atoms with E-state index in [1.165, 1.54) is 22.3 Å². The largest absolute Gasteiger partial charge is 0.381 e. The fourth-order valence-corrected chi connectivity index (χ4v) is 5.15. The molecule has 1 N–H and O–H groups in total. The van der Waals surface area contributed by atoms with Gasteiger partial charge in [-0.3, -0.25) is 0 Å². The Balaban J connectivity index is 1.88. The summed E-state index contributed by atoms with van der Waals surface area (Å²) < 4.78 is 1.90. The van der Waals surface area contributed by atoms with E-state index in [1.54, 1.807) is 0 Å². The van der Waals surface area contributed by atoms with Crippen LogP contribution in [0.5, 0.6) is 0 Å². The number of benzene rings is 2. The zero-order valence-corrected chi connectivity index (χ0v) is 15.0.